The van der Waals surface area contributed by atoms with E-state index in [0.29, 0.717) is 11.4 Å². The van der Waals surface area contributed by atoms with Gasteiger partial charge in [0.1, 0.15) is 0 Å². The number of carbonyl (C=O) groups excluding carboxylic acids is 2. The lowest BCUT2D eigenvalue weighted by atomic mass is 10.3. The Morgan fingerprint density at radius 1 is 0.920 bits per heavy atom. The average molecular weight is 413 g/mol. The molecule has 0 unspecified atom stereocenters. The molecule has 3 rings (SSSR count). The van der Waals surface area contributed by atoms with E-state index in [4.69, 9.17) is 0 Å². The zero-order valence-electron chi connectivity index (χ0n) is 12.5. The summed E-state index contributed by atoms with van der Waals surface area (Å²) in [5.41, 5.74) is 11.5. The molecule has 4 N–H and O–H groups in total. The van der Waals surface area contributed by atoms with Gasteiger partial charge < -0.3 is 5.43 Å². The minimum Gasteiger partial charge on any atom is -0.301 e. The third-order valence-electron chi connectivity index (χ3n) is 2.82. The van der Waals surface area contributed by atoms with E-state index in [9.17, 15) is 14.4 Å². The number of para-hydroxylation sites is 1. The van der Waals surface area contributed by atoms with Gasteiger partial charge in [0.15, 0.2) is 0 Å². The molecule has 11 heteroatoms. The van der Waals surface area contributed by atoms with E-state index in [2.05, 4.69) is 21.7 Å². The number of nitrogens with one attached hydrogen (secondary N) is 4. The lowest BCUT2D eigenvalue weighted by Gasteiger charge is -2.11. The Morgan fingerprint density at radius 3 is 2.36 bits per heavy atom. The Kier molecular flexibility index (Phi) is 6.02. The second kappa shape index (κ2) is 8.43. The smallest absolute Gasteiger partial charge is 0.301 e. The molecule has 0 saturated heterocycles. The molecule has 130 valence electrons. The fourth-order valence-electron chi connectivity index (χ4n) is 1.68. The summed E-state index contributed by atoms with van der Waals surface area (Å²) in [7, 11) is 0. The SMILES string of the molecule is O=C(NNC1=CSc2sc(=O)sc2SC1)C(=O)NNc1ccccc1. The normalized spacial score (nSPS) is 13.0. The third-order valence-corrected chi connectivity index (χ3v) is 7.84. The Labute approximate surface area is 159 Å². The molecular formula is C14H12N4O3S4. The van der Waals surface area contributed by atoms with Crippen LogP contribution in [0.15, 0.2) is 54.6 Å². The van der Waals surface area contributed by atoms with Crippen molar-refractivity contribution in [1.29, 1.82) is 0 Å². The maximum Gasteiger partial charge on any atom is 0.329 e. The average Bonchev–Trinajstić information content (AvgIpc) is 2.88. The largest absolute Gasteiger partial charge is 0.329 e. The molecule has 7 nitrogen and oxygen atoms in total. The van der Waals surface area contributed by atoms with Crippen molar-refractivity contribution >= 4 is 63.7 Å². The van der Waals surface area contributed by atoms with Crippen LogP contribution in [0.25, 0.3) is 0 Å². The number of amides is 2. The predicted octanol–water partition coefficient (Wildman–Crippen LogP) is 1.97. The van der Waals surface area contributed by atoms with Crippen LogP contribution in [-0.2, 0) is 9.59 Å². The van der Waals surface area contributed by atoms with Crippen molar-refractivity contribution < 1.29 is 9.59 Å². The summed E-state index contributed by atoms with van der Waals surface area (Å²) >= 11 is 5.38. The van der Waals surface area contributed by atoms with E-state index >= 15 is 0 Å². The molecule has 1 aliphatic rings. The van der Waals surface area contributed by atoms with Gasteiger partial charge in [-0.3, -0.25) is 30.7 Å². The van der Waals surface area contributed by atoms with E-state index in [-0.39, 0.29) is 4.06 Å². The first-order chi connectivity index (χ1) is 12.1. The molecule has 2 amide bonds. The van der Waals surface area contributed by atoms with Crippen LogP contribution in [0.4, 0.5) is 5.69 Å². The summed E-state index contributed by atoms with van der Waals surface area (Å²) in [6.07, 6.45) is 0. The van der Waals surface area contributed by atoms with Gasteiger partial charge in [0, 0.05) is 11.4 Å². The van der Waals surface area contributed by atoms with Gasteiger partial charge in [0.2, 0.25) is 0 Å². The molecule has 0 bridgehead atoms. The minimum atomic E-state index is -0.817. The molecule has 0 aliphatic carbocycles. The van der Waals surface area contributed by atoms with E-state index in [1.54, 1.807) is 24.3 Å². The lowest BCUT2D eigenvalue weighted by Crippen LogP contribution is -2.47. The van der Waals surface area contributed by atoms with Crippen molar-refractivity contribution in [2.75, 3.05) is 11.2 Å². The Balaban J connectivity index is 1.46. The van der Waals surface area contributed by atoms with Gasteiger partial charge in [-0.25, -0.2) is 0 Å². The Hall–Kier alpha value is -1.95. The summed E-state index contributed by atoms with van der Waals surface area (Å²) in [5, 5.41) is 1.82. The predicted molar refractivity (Wildman–Crippen MR) is 103 cm³/mol. The Bertz CT molecular complexity index is 862. The standard InChI is InChI=1S/C14H12N4O3S4/c19-10(17-15-8-4-2-1-3-5-8)11(20)18-16-9-6-22-12-13(23-7-9)25-14(21)24-12/h1-6,15-16H,7H2,(H,17,19)(H,18,20). The maximum absolute atomic E-state index is 11.8. The van der Waals surface area contributed by atoms with Crippen molar-refractivity contribution in [1.82, 2.24) is 16.3 Å². The number of anilines is 1. The van der Waals surface area contributed by atoms with Crippen LogP contribution in [0.3, 0.4) is 0 Å². The molecule has 1 aromatic heterocycles. The highest BCUT2D eigenvalue weighted by Gasteiger charge is 2.17. The van der Waals surface area contributed by atoms with Crippen LogP contribution in [0, 0.1) is 0 Å². The van der Waals surface area contributed by atoms with Gasteiger partial charge in [0.05, 0.1) is 14.1 Å². The molecule has 2 heterocycles. The number of rotatable bonds is 4. The second-order valence-corrected chi connectivity index (χ2v) is 9.21. The van der Waals surface area contributed by atoms with Gasteiger partial charge in [-0.15, -0.1) is 11.8 Å². The van der Waals surface area contributed by atoms with Gasteiger partial charge >= 0.3 is 11.8 Å². The first-order valence-corrected chi connectivity index (χ1v) is 10.4. The molecule has 0 radical (unpaired) electrons. The summed E-state index contributed by atoms with van der Waals surface area (Å²) in [5.74, 6) is -1.07. The van der Waals surface area contributed by atoms with Crippen LogP contribution in [-0.4, -0.2) is 17.6 Å². The number of fused-ring (bicyclic) bond motifs is 1. The van der Waals surface area contributed by atoms with Crippen molar-refractivity contribution in [3.63, 3.8) is 0 Å². The minimum absolute atomic E-state index is 0.0747. The van der Waals surface area contributed by atoms with Crippen molar-refractivity contribution in [3.05, 3.63) is 50.3 Å². The highest BCUT2D eigenvalue weighted by atomic mass is 32.2. The number of benzene rings is 1. The number of thioether (sulfide) groups is 2. The number of hydrogen-bond acceptors (Lipinski definition) is 9. The monoisotopic (exact) mass is 412 g/mol. The zero-order chi connectivity index (χ0) is 17.6. The summed E-state index contributed by atoms with van der Waals surface area (Å²) in [6, 6.07) is 8.97. The molecule has 1 aliphatic heterocycles. The quantitative estimate of drug-likeness (QED) is 0.450. The fourth-order valence-corrected chi connectivity index (χ4v) is 6.64. The number of hydrazine groups is 2. The lowest BCUT2D eigenvalue weighted by molar-refractivity contribution is -0.139. The highest BCUT2D eigenvalue weighted by molar-refractivity contribution is 8.07. The van der Waals surface area contributed by atoms with Crippen LogP contribution in [0.1, 0.15) is 0 Å². The van der Waals surface area contributed by atoms with Gasteiger partial charge in [-0.2, -0.15) is 0 Å². The Morgan fingerprint density at radius 2 is 1.60 bits per heavy atom. The first kappa shape index (κ1) is 17.9. The molecule has 0 spiro atoms. The molecule has 1 aromatic carbocycles. The number of hydrogen-bond donors (Lipinski definition) is 4. The summed E-state index contributed by atoms with van der Waals surface area (Å²) < 4.78 is 2.00. The van der Waals surface area contributed by atoms with Gasteiger partial charge in [0.25, 0.3) is 4.06 Å². The second-order valence-electron chi connectivity index (χ2n) is 4.60. The van der Waals surface area contributed by atoms with E-state index in [0.717, 1.165) is 14.1 Å². The highest BCUT2D eigenvalue weighted by Crippen LogP contribution is 2.40. The van der Waals surface area contributed by atoms with Crippen LogP contribution < -0.4 is 25.8 Å². The topological polar surface area (TPSA) is 99.3 Å². The van der Waals surface area contributed by atoms with E-state index in [1.807, 2.05) is 11.5 Å². The molecule has 2 aromatic rings. The molecule has 0 atom stereocenters. The first-order valence-electron chi connectivity index (χ1n) is 6.91. The van der Waals surface area contributed by atoms with Gasteiger partial charge in [-0.05, 0) is 17.5 Å². The van der Waals surface area contributed by atoms with Crippen molar-refractivity contribution in [2.45, 2.75) is 8.42 Å². The van der Waals surface area contributed by atoms with E-state index < -0.39 is 11.8 Å². The van der Waals surface area contributed by atoms with Crippen LogP contribution >= 0.6 is 46.2 Å². The number of carbonyl (C=O) groups is 2. The van der Waals surface area contributed by atoms with E-state index in [1.165, 1.54) is 46.2 Å². The summed E-state index contributed by atoms with van der Waals surface area (Å²) in [4.78, 5) is 34.9. The van der Waals surface area contributed by atoms with Crippen molar-refractivity contribution in [2.24, 2.45) is 0 Å². The van der Waals surface area contributed by atoms with Crippen molar-refractivity contribution in [3.8, 4) is 0 Å². The molecule has 0 saturated carbocycles. The molecule has 0 fully saturated rings. The maximum atomic E-state index is 11.8. The van der Waals surface area contributed by atoms with Crippen LogP contribution in [0.2, 0.25) is 0 Å². The fraction of sp³-hybridized carbons (Fsp3) is 0.0714. The van der Waals surface area contributed by atoms with Crippen LogP contribution in [0.5, 0.6) is 0 Å². The third kappa shape index (κ3) is 5.01. The summed E-state index contributed by atoms with van der Waals surface area (Å²) in [6.45, 7) is 0. The van der Waals surface area contributed by atoms with Gasteiger partial charge in [-0.1, -0.05) is 52.6 Å². The zero-order valence-corrected chi connectivity index (χ0v) is 15.8. The molecular weight excluding hydrogens is 400 g/mol. The molecule has 25 heavy (non-hydrogen) atoms.